The number of carbonyl (C=O) groups is 2. The van der Waals surface area contributed by atoms with Gasteiger partial charge in [0.2, 0.25) is 5.91 Å². The minimum atomic E-state index is -0.443. The van der Waals surface area contributed by atoms with Crippen LogP contribution in [0.25, 0.3) is 6.08 Å². The van der Waals surface area contributed by atoms with Crippen LogP contribution in [0.3, 0.4) is 0 Å². The van der Waals surface area contributed by atoms with Gasteiger partial charge < -0.3 is 15.0 Å². The molecule has 0 radical (unpaired) electrons. The van der Waals surface area contributed by atoms with Gasteiger partial charge in [-0.2, -0.15) is 0 Å². The highest BCUT2D eigenvalue weighted by Crippen LogP contribution is 2.43. The van der Waals surface area contributed by atoms with E-state index < -0.39 is 5.60 Å². The molecule has 1 saturated carbocycles. The van der Waals surface area contributed by atoms with Gasteiger partial charge in [0, 0.05) is 38.1 Å². The summed E-state index contributed by atoms with van der Waals surface area (Å²) in [5.74, 6) is 1.69. The SMILES string of the molecule is CC.CC(C)(C)OC(=O)N1CC2CC(CCNC(=O)/C=C/c3cccnc3)CC2C1. The lowest BCUT2D eigenvalue weighted by molar-refractivity contribution is -0.116. The van der Waals surface area contributed by atoms with Crippen LogP contribution in [0.5, 0.6) is 0 Å². The predicted molar refractivity (Wildman–Crippen MR) is 120 cm³/mol. The van der Waals surface area contributed by atoms with Gasteiger partial charge in [-0.25, -0.2) is 4.79 Å². The molecular formula is C24H37N3O3. The summed E-state index contributed by atoms with van der Waals surface area (Å²) in [6.45, 7) is 12.0. The van der Waals surface area contributed by atoms with Gasteiger partial charge in [0.1, 0.15) is 5.60 Å². The zero-order valence-electron chi connectivity index (χ0n) is 19.1. The fourth-order valence-electron chi connectivity index (χ4n) is 4.24. The van der Waals surface area contributed by atoms with Gasteiger partial charge >= 0.3 is 6.09 Å². The zero-order chi connectivity index (χ0) is 22.1. The van der Waals surface area contributed by atoms with E-state index in [1.54, 1.807) is 24.5 Å². The van der Waals surface area contributed by atoms with Crippen LogP contribution in [0.1, 0.15) is 59.4 Å². The number of hydrogen-bond acceptors (Lipinski definition) is 4. The van der Waals surface area contributed by atoms with Crippen molar-refractivity contribution in [1.29, 1.82) is 0 Å². The topological polar surface area (TPSA) is 71.5 Å². The summed E-state index contributed by atoms with van der Waals surface area (Å²) in [5, 5.41) is 2.97. The molecule has 0 aromatic carbocycles. The highest BCUT2D eigenvalue weighted by atomic mass is 16.6. The minimum absolute atomic E-state index is 0.0712. The molecule has 30 heavy (non-hydrogen) atoms. The van der Waals surface area contributed by atoms with Gasteiger partial charge in [0.15, 0.2) is 0 Å². The Bertz CT molecular complexity index is 698. The van der Waals surface area contributed by atoms with Crippen LogP contribution in [0.15, 0.2) is 30.6 Å². The van der Waals surface area contributed by atoms with E-state index in [2.05, 4.69) is 10.3 Å². The number of rotatable bonds is 5. The molecule has 2 amide bonds. The molecule has 2 aliphatic rings. The van der Waals surface area contributed by atoms with Crippen molar-refractivity contribution < 1.29 is 14.3 Å². The number of aromatic nitrogens is 1. The molecule has 3 rings (SSSR count). The number of nitrogens with zero attached hydrogens (tertiary/aromatic N) is 2. The number of carbonyl (C=O) groups excluding carboxylic acids is 2. The molecule has 1 aromatic heterocycles. The quantitative estimate of drug-likeness (QED) is 0.718. The third-order valence-corrected chi connectivity index (χ3v) is 5.46. The van der Waals surface area contributed by atoms with E-state index >= 15 is 0 Å². The molecule has 0 spiro atoms. The monoisotopic (exact) mass is 415 g/mol. The first-order valence-corrected chi connectivity index (χ1v) is 11.1. The van der Waals surface area contributed by atoms with Crippen LogP contribution in [0.2, 0.25) is 0 Å². The summed E-state index contributed by atoms with van der Waals surface area (Å²) in [7, 11) is 0. The van der Waals surface area contributed by atoms with Crippen LogP contribution in [0, 0.1) is 17.8 Å². The molecule has 1 aromatic rings. The predicted octanol–water partition coefficient (Wildman–Crippen LogP) is 4.52. The van der Waals surface area contributed by atoms with Gasteiger partial charge in [0.25, 0.3) is 0 Å². The van der Waals surface area contributed by atoms with Crippen molar-refractivity contribution in [1.82, 2.24) is 15.2 Å². The number of nitrogens with one attached hydrogen (secondary N) is 1. The fourth-order valence-corrected chi connectivity index (χ4v) is 4.24. The van der Waals surface area contributed by atoms with Gasteiger partial charge in [0.05, 0.1) is 0 Å². The fraction of sp³-hybridized carbons (Fsp3) is 0.625. The molecular weight excluding hydrogens is 378 g/mol. The van der Waals surface area contributed by atoms with E-state index in [9.17, 15) is 9.59 Å². The molecule has 1 N–H and O–H groups in total. The smallest absolute Gasteiger partial charge is 0.410 e. The second-order valence-corrected chi connectivity index (χ2v) is 8.94. The van der Waals surface area contributed by atoms with E-state index in [-0.39, 0.29) is 12.0 Å². The number of pyridine rings is 1. The van der Waals surface area contributed by atoms with Gasteiger partial charge in [-0.1, -0.05) is 19.9 Å². The van der Waals surface area contributed by atoms with Crippen molar-refractivity contribution in [3.8, 4) is 0 Å². The molecule has 2 fully saturated rings. The van der Waals surface area contributed by atoms with Crippen LogP contribution in [-0.4, -0.2) is 47.1 Å². The van der Waals surface area contributed by atoms with E-state index in [1.165, 1.54) is 0 Å². The van der Waals surface area contributed by atoms with Crippen molar-refractivity contribution in [3.05, 3.63) is 36.2 Å². The Balaban J connectivity index is 0.00000155. The summed E-state index contributed by atoms with van der Waals surface area (Å²) >= 11 is 0. The number of ether oxygens (including phenoxy) is 1. The number of fused-ring (bicyclic) bond motifs is 1. The maximum atomic E-state index is 12.2. The first-order chi connectivity index (χ1) is 14.3. The van der Waals surface area contributed by atoms with Crippen molar-refractivity contribution in [3.63, 3.8) is 0 Å². The highest BCUT2D eigenvalue weighted by molar-refractivity contribution is 5.91. The molecule has 1 saturated heterocycles. The Morgan fingerprint density at radius 2 is 1.90 bits per heavy atom. The molecule has 1 aliphatic heterocycles. The van der Waals surface area contributed by atoms with Crippen molar-refractivity contribution in [2.24, 2.45) is 17.8 Å². The van der Waals surface area contributed by atoms with Crippen molar-refractivity contribution in [2.75, 3.05) is 19.6 Å². The molecule has 6 nitrogen and oxygen atoms in total. The maximum absolute atomic E-state index is 12.2. The largest absolute Gasteiger partial charge is 0.444 e. The molecule has 2 atom stereocenters. The summed E-state index contributed by atoms with van der Waals surface area (Å²) in [6.07, 6.45) is 9.82. The Hall–Kier alpha value is -2.37. The lowest BCUT2D eigenvalue weighted by Gasteiger charge is -2.25. The third-order valence-electron chi connectivity index (χ3n) is 5.46. The van der Waals surface area contributed by atoms with Crippen LogP contribution in [-0.2, 0) is 9.53 Å². The van der Waals surface area contributed by atoms with Crippen LogP contribution < -0.4 is 5.32 Å². The summed E-state index contributed by atoms with van der Waals surface area (Å²) < 4.78 is 5.49. The Morgan fingerprint density at radius 1 is 1.23 bits per heavy atom. The lowest BCUT2D eigenvalue weighted by Crippen LogP contribution is -2.36. The average Bonchev–Trinajstić information content (AvgIpc) is 3.26. The molecule has 6 heteroatoms. The normalized spacial score (nSPS) is 23.0. The standard InChI is InChI=1S/C22H31N3O3.C2H6/c1-22(2,3)28-21(27)25-14-18-11-17(12-19(18)15-25)8-10-24-20(26)7-6-16-5-4-9-23-13-16;1-2/h4-7,9,13,17-19H,8,10-12,14-15H2,1-3H3,(H,24,26);1-2H3/b7-6+;. The lowest BCUT2D eigenvalue weighted by atomic mass is 10.0. The van der Waals surface area contributed by atoms with Crippen LogP contribution >= 0.6 is 0 Å². The molecule has 1 aliphatic carbocycles. The van der Waals surface area contributed by atoms with Crippen molar-refractivity contribution in [2.45, 2.75) is 59.5 Å². The van der Waals surface area contributed by atoms with Gasteiger partial charge in [-0.05, 0) is 75.5 Å². The summed E-state index contributed by atoms with van der Waals surface area (Å²) in [6, 6.07) is 3.76. The average molecular weight is 416 g/mol. The van der Waals surface area contributed by atoms with E-state index in [0.29, 0.717) is 24.3 Å². The third kappa shape index (κ3) is 7.47. The van der Waals surface area contributed by atoms with Crippen LogP contribution in [0.4, 0.5) is 4.79 Å². The Kier molecular flexibility index (Phi) is 8.88. The summed E-state index contributed by atoms with van der Waals surface area (Å²) in [4.78, 5) is 30.1. The Labute approximate surface area is 181 Å². The zero-order valence-corrected chi connectivity index (χ0v) is 19.1. The first kappa shape index (κ1) is 23.9. The van der Waals surface area contributed by atoms with E-state index in [0.717, 1.165) is 37.9 Å². The number of amides is 2. The summed E-state index contributed by atoms with van der Waals surface area (Å²) in [5.41, 5.74) is 0.469. The second kappa shape index (κ2) is 11.1. The Morgan fingerprint density at radius 3 is 2.47 bits per heavy atom. The number of likely N-dealkylation sites (tertiary alicyclic amines) is 1. The van der Waals surface area contributed by atoms with E-state index in [4.69, 9.17) is 4.74 Å². The van der Waals surface area contributed by atoms with Gasteiger partial charge in [-0.15, -0.1) is 0 Å². The highest BCUT2D eigenvalue weighted by Gasteiger charge is 2.43. The van der Waals surface area contributed by atoms with Gasteiger partial charge in [-0.3, -0.25) is 9.78 Å². The molecule has 2 heterocycles. The molecule has 166 valence electrons. The first-order valence-electron chi connectivity index (χ1n) is 11.1. The minimum Gasteiger partial charge on any atom is -0.444 e. The van der Waals surface area contributed by atoms with E-state index in [1.807, 2.05) is 51.7 Å². The number of hydrogen-bond donors (Lipinski definition) is 1. The van der Waals surface area contributed by atoms with Crippen molar-refractivity contribution >= 4 is 18.1 Å². The second-order valence-electron chi connectivity index (χ2n) is 8.94. The maximum Gasteiger partial charge on any atom is 0.410 e. The molecule has 0 bridgehead atoms. The molecule has 2 unspecified atom stereocenters.